The Balaban J connectivity index is 2.17. The number of unbranched alkanes of at least 4 members (excludes halogenated alkanes) is 2. The number of ether oxygens (including phenoxy) is 6. The molecule has 4 bridgehead atoms. The second-order valence-corrected chi connectivity index (χ2v) is 13.2. The molecule has 0 heterocycles. The molecule has 0 aromatic heterocycles. The summed E-state index contributed by atoms with van der Waals surface area (Å²) in [6.45, 7) is 4.39. The van der Waals surface area contributed by atoms with Crippen LogP contribution in [0.2, 0.25) is 0 Å². The summed E-state index contributed by atoms with van der Waals surface area (Å²) in [4.78, 5) is 26.1. The molecule has 0 fully saturated rings. The van der Waals surface area contributed by atoms with Crippen molar-refractivity contribution in [1.29, 1.82) is 0 Å². The zero-order valence-corrected chi connectivity index (χ0v) is 31.8. The lowest BCUT2D eigenvalue weighted by Crippen LogP contribution is -2.09. The predicted octanol–water partition coefficient (Wildman–Crippen LogP) is 10.2. The van der Waals surface area contributed by atoms with Gasteiger partial charge in [-0.1, -0.05) is 52.4 Å². The Bertz CT molecular complexity index is 1300. The van der Waals surface area contributed by atoms with Crippen LogP contribution in [0.15, 0.2) is 35.4 Å². The maximum absolute atomic E-state index is 13.0. The number of hydrogen-bond acceptors (Lipinski definition) is 8. The molecule has 0 spiro atoms. The molecule has 0 aliphatic heterocycles. The van der Waals surface area contributed by atoms with E-state index in [-0.39, 0.29) is 23.8 Å². The highest BCUT2D eigenvalue weighted by Crippen LogP contribution is 2.44. The van der Waals surface area contributed by atoms with Crippen LogP contribution in [0.1, 0.15) is 138 Å². The zero-order chi connectivity index (χ0) is 36.5. The molecule has 4 aliphatic carbocycles. The van der Waals surface area contributed by atoms with Gasteiger partial charge in [0.1, 0.15) is 23.0 Å². The van der Waals surface area contributed by atoms with Crippen LogP contribution in [0.4, 0.5) is 0 Å². The van der Waals surface area contributed by atoms with E-state index in [4.69, 9.17) is 28.4 Å². The summed E-state index contributed by atoms with van der Waals surface area (Å²) < 4.78 is 34.4. The standard InChI is InChI=1S/C42H60O8/c1-9-11-17-31-19-13-15-21-33(41(43)49-7)24-30-27-37(47-5)40(38(28-30)48-6)32(18-12-10-2)20-14-16-22-34(42(44)50-8)23-29-25-35(45-3)39(31)36(26-29)46-4/h23-28,31-32H,9-22H2,1-8H3/b33-24-,34-23+/t31-,32-/m0/s1. The highest BCUT2D eigenvalue weighted by molar-refractivity contribution is 5.94. The van der Waals surface area contributed by atoms with Gasteiger partial charge in [0.15, 0.2) is 0 Å². The maximum Gasteiger partial charge on any atom is 0.333 e. The minimum absolute atomic E-state index is 0.197. The first-order chi connectivity index (χ1) is 24.3. The molecule has 276 valence electrons. The van der Waals surface area contributed by atoms with E-state index < -0.39 is 0 Å². The average molecular weight is 693 g/mol. The number of rotatable bonds is 12. The van der Waals surface area contributed by atoms with Gasteiger partial charge in [-0.25, -0.2) is 9.59 Å². The summed E-state index contributed by atoms with van der Waals surface area (Å²) in [6, 6.07) is 8.03. The van der Waals surface area contributed by atoms with Crippen LogP contribution >= 0.6 is 0 Å². The summed E-state index contributed by atoms with van der Waals surface area (Å²) in [5, 5.41) is 0. The first-order valence-electron chi connectivity index (χ1n) is 18.4. The normalized spacial score (nSPS) is 19.5. The van der Waals surface area contributed by atoms with Crippen molar-refractivity contribution in [2.75, 3.05) is 42.7 Å². The summed E-state index contributed by atoms with van der Waals surface area (Å²) in [6.07, 6.45) is 16.4. The van der Waals surface area contributed by atoms with E-state index in [2.05, 4.69) is 13.8 Å². The predicted molar refractivity (Wildman–Crippen MR) is 201 cm³/mol. The van der Waals surface area contributed by atoms with Gasteiger partial charge >= 0.3 is 11.9 Å². The minimum atomic E-state index is -0.330. The summed E-state index contributed by atoms with van der Waals surface area (Å²) >= 11 is 0. The van der Waals surface area contributed by atoms with E-state index in [9.17, 15) is 9.59 Å². The summed E-state index contributed by atoms with van der Waals surface area (Å²) in [7, 11) is 9.61. The third-order valence-electron chi connectivity index (χ3n) is 9.84. The van der Waals surface area contributed by atoms with Crippen LogP contribution in [-0.4, -0.2) is 54.6 Å². The first kappa shape index (κ1) is 40.5. The molecule has 0 saturated carbocycles. The Morgan fingerprint density at radius 3 is 1.18 bits per heavy atom. The number of hydrogen-bond donors (Lipinski definition) is 0. The van der Waals surface area contributed by atoms with Crippen LogP contribution < -0.4 is 18.9 Å². The molecule has 0 amide bonds. The molecule has 0 radical (unpaired) electrons. The fourth-order valence-corrected chi connectivity index (χ4v) is 7.20. The topological polar surface area (TPSA) is 89.5 Å². The molecule has 4 aliphatic rings. The Labute approximate surface area is 300 Å². The molecule has 8 nitrogen and oxygen atoms in total. The molecule has 6 rings (SSSR count). The SMILES string of the molecule is CCCC[C@H]1CCCC/C(C(=O)OC)=C/c2cc(OC)c(c(OC)c2)[C@@H](CCCC)CCCC/C(C(=O)OC)=C\c2cc(OC)c1c(OC)c2. The van der Waals surface area contributed by atoms with Crippen molar-refractivity contribution in [2.24, 2.45) is 0 Å². The van der Waals surface area contributed by atoms with Gasteiger partial charge in [-0.15, -0.1) is 0 Å². The second kappa shape index (κ2) is 21.3. The molecular formula is C42H60O8. The highest BCUT2D eigenvalue weighted by Gasteiger charge is 2.25. The fraction of sp³-hybridized carbons (Fsp3) is 0.571. The van der Waals surface area contributed by atoms with E-state index >= 15 is 0 Å². The number of carbonyl (C=O) groups excluding carboxylic acids is 2. The van der Waals surface area contributed by atoms with Gasteiger partial charge in [0.05, 0.1) is 42.7 Å². The van der Waals surface area contributed by atoms with E-state index in [0.717, 1.165) is 122 Å². The van der Waals surface area contributed by atoms with E-state index in [1.807, 2.05) is 36.4 Å². The largest absolute Gasteiger partial charge is 0.496 e. The van der Waals surface area contributed by atoms with Crippen molar-refractivity contribution in [3.05, 3.63) is 57.7 Å². The van der Waals surface area contributed by atoms with E-state index in [0.29, 0.717) is 24.0 Å². The zero-order valence-electron chi connectivity index (χ0n) is 31.8. The number of benzene rings is 2. The van der Waals surface area contributed by atoms with Gasteiger partial charge in [0.25, 0.3) is 0 Å². The highest BCUT2D eigenvalue weighted by atomic mass is 16.5. The number of methoxy groups -OCH3 is 6. The Kier molecular flexibility index (Phi) is 17.3. The van der Waals surface area contributed by atoms with Gasteiger partial charge in [-0.3, -0.25) is 0 Å². The quantitative estimate of drug-likeness (QED) is 0.203. The van der Waals surface area contributed by atoms with Crippen LogP contribution in [0, 0.1) is 0 Å². The van der Waals surface area contributed by atoms with Crippen LogP contribution in [0.5, 0.6) is 23.0 Å². The molecule has 8 heteroatoms. The lowest BCUT2D eigenvalue weighted by Gasteiger charge is -2.24. The second-order valence-electron chi connectivity index (χ2n) is 13.2. The molecule has 2 aromatic rings. The third-order valence-corrected chi connectivity index (χ3v) is 9.84. The van der Waals surface area contributed by atoms with Crippen molar-refractivity contribution < 1.29 is 38.0 Å². The van der Waals surface area contributed by atoms with Crippen LogP contribution in [-0.2, 0) is 19.1 Å². The molecular weight excluding hydrogens is 632 g/mol. The third kappa shape index (κ3) is 11.0. The maximum atomic E-state index is 13.0. The van der Waals surface area contributed by atoms with Gasteiger partial charge in [0.2, 0.25) is 0 Å². The van der Waals surface area contributed by atoms with Crippen molar-refractivity contribution in [2.45, 2.75) is 116 Å². The molecule has 2 aromatic carbocycles. The van der Waals surface area contributed by atoms with Crippen molar-refractivity contribution >= 4 is 24.1 Å². The number of esters is 2. The summed E-state index contributed by atoms with van der Waals surface area (Å²) in [5.74, 6) is 2.74. The molecule has 0 N–H and O–H groups in total. The van der Waals surface area contributed by atoms with E-state index in [1.54, 1.807) is 28.4 Å². The van der Waals surface area contributed by atoms with Crippen LogP contribution in [0.3, 0.4) is 0 Å². The Hall–Kier alpha value is -3.94. The Morgan fingerprint density at radius 2 is 0.900 bits per heavy atom. The van der Waals surface area contributed by atoms with Gasteiger partial charge < -0.3 is 28.4 Å². The smallest absolute Gasteiger partial charge is 0.333 e. The molecule has 0 unspecified atom stereocenters. The van der Waals surface area contributed by atoms with Crippen molar-refractivity contribution in [1.82, 2.24) is 0 Å². The van der Waals surface area contributed by atoms with Crippen LogP contribution in [0.25, 0.3) is 12.2 Å². The monoisotopic (exact) mass is 692 g/mol. The van der Waals surface area contributed by atoms with Gasteiger partial charge in [0, 0.05) is 22.3 Å². The van der Waals surface area contributed by atoms with Crippen molar-refractivity contribution in [3.8, 4) is 23.0 Å². The summed E-state index contributed by atoms with van der Waals surface area (Å²) in [5.41, 5.74) is 5.00. The first-order valence-corrected chi connectivity index (χ1v) is 18.4. The molecule has 2 atom stereocenters. The lowest BCUT2D eigenvalue weighted by atomic mass is 9.85. The lowest BCUT2D eigenvalue weighted by molar-refractivity contribution is -0.137. The van der Waals surface area contributed by atoms with Gasteiger partial charge in [-0.05, 0) is 111 Å². The van der Waals surface area contributed by atoms with Gasteiger partial charge in [-0.2, -0.15) is 0 Å². The average Bonchev–Trinajstić information content (AvgIpc) is 3.14. The molecule has 50 heavy (non-hydrogen) atoms. The fourth-order valence-electron chi connectivity index (χ4n) is 7.20. The Morgan fingerprint density at radius 1 is 0.560 bits per heavy atom. The van der Waals surface area contributed by atoms with E-state index in [1.165, 1.54) is 14.2 Å². The minimum Gasteiger partial charge on any atom is -0.496 e. The molecule has 0 saturated heterocycles. The van der Waals surface area contributed by atoms with Crippen molar-refractivity contribution in [3.63, 3.8) is 0 Å². The number of carbonyl (C=O) groups is 2.